The molecule has 1 amide bonds. The fourth-order valence-electron chi connectivity index (χ4n) is 1.93. The molecule has 4 heteroatoms. The van der Waals surface area contributed by atoms with Crippen LogP contribution in [-0.4, -0.2) is 22.7 Å². The van der Waals surface area contributed by atoms with E-state index in [1.54, 1.807) is 0 Å². The van der Waals surface area contributed by atoms with E-state index in [1.807, 2.05) is 0 Å². The molecule has 0 spiro atoms. The summed E-state index contributed by atoms with van der Waals surface area (Å²) in [4.78, 5) is 11.8. The summed E-state index contributed by atoms with van der Waals surface area (Å²) in [7, 11) is 0. The minimum atomic E-state index is -0.254. The summed E-state index contributed by atoms with van der Waals surface area (Å²) < 4.78 is 0. The van der Waals surface area contributed by atoms with Crippen LogP contribution in [0.3, 0.4) is 0 Å². The maximum atomic E-state index is 11.8. The molecule has 0 aromatic heterocycles. The van der Waals surface area contributed by atoms with Gasteiger partial charge in [0, 0.05) is 18.2 Å². The molecule has 1 aliphatic rings. The van der Waals surface area contributed by atoms with Gasteiger partial charge in [0.2, 0.25) is 0 Å². The second-order valence-electron chi connectivity index (χ2n) is 4.77. The number of benzene rings is 1. The Morgan fingerprint density at radius 3 is 2.35 bits per heavy atom. The highest BCUT2D eigenvalue weighted by Crippen LogP contribution is 2.47. The molecule has 0 radical (unpaired) electrons. The van der Waals surface area contributed by atoms with Crippen molar-refractivity contribution in [2.45, 2.75) is 26.2 Å². The Bertz CT molecular complexity index is 418. The Kier molecular flexibility index (Phi) is 2.96. The maximum absolute atomic E-state index is 11.8. The van der Waals surface area contributed by atoms with Crippen molar-refractivity contribution < 1.29 is 15.0 Å². The Balaban J connectivity index is 1.99. The predicted molar refractivity (Wildman–Crippen MR) is 64.1 cm³/mol. The molecule has 92 valence electrons. The normalized spacial score (nSPS) is 16.5. The Hall–Kier alpha value is -1.71. The summed E-state index contributed by atoms with van der Waals surface area (Å²) >= 11 is 0. The van der Waals surface area contributed by atoms with Crippen molar-refractivity contribution in [2.24, 2.45) is 5.41 Å². The van der Waals surface area contributed by atoms with Crippen LogP contribution in [0.5, 0.6) is 11.5 Å². The largest absolute Gasteiger partial charge is 0.508 e. The molecule has 0 saturated heterocycles. The standard InChI is InChI=1S/C13H17NO3/c1-2-13(3-4-13)8-14-12(17)9-5-10(15)7-11(16)6-9/h5-7,15-16H,2-4,8H2,1H3,(H,14,17). The van der Waals surface area contributed by atoms with Gasteiger partial charge >= 0.3 is 0 Å². The van der Waals surface area contributed by atoms with Crippen LogP contribution in [0.2, 0.25) is 0 Å². The SMILES string of the molecule is CCC1(CNC(=O)c2cc(O)cc(O)c2)CC1. The lowest BCUT2D eigenvalue weighted by Crippen LogP contribution is -2.29. The van der Waals surface area contributed by atoms with E-state index in [1.165, 1.54) is 18.2 Å². The van der Waals surface area contributed by atoms with Crippen molar-refractivity contribution in [2.75, 3.05) is 6.54 Å². The van der Waals surface area contributed by atoms with Gasteiger partial charge in [0.25, 0.3) is 5.91 Å². The van der Waals surface area contributed by atoms with Crippen LogP contribution in [0.25, 0.3) is 0 Å². The third-order valence-electron chi connectivity index (χ3n) is 3.50. The van der Waals surface area contributed by atoms with Gasteiger partial charge in [0.05, 0.1) is 0 Å². The van der Waals surface area contributed by atoms with Gasteiger partial charge in [-0.25, -0.2) is 0 Å². The highest BCUT2D eigenvalue weighted by atomic mass is 16.3. The first-order chi connectivity index (χ1) is 8.04. The number of rotatable bonds is 4. The number of hydrogen-bond donors (Lipinski definition) is 3. The molecule has 4 nitrogen and oxygen atoms in total. The summed E-state index contributed by atoms with van der Waals surface area (Å²) in [6, 6.07) is 3.90. The second-order valence-corrected chi connectivity index (χ2v) is 4.77. The summed E-state index contributed by atoms with van der Waals surface area (Å²) in [6.07, 6.45) is 3.39. The third-order valence-corrected chi connectivity index (χ3v) is 3.50. The Labute approximate surface area is 100 Å². The molecular weight excluding hydrogens is 218 g/mol. The summed E-state index contributed by atoms with van der Waals surface area (Å²) in [5.74, 6) is -0.463. The van der Waals surface area contributed by atoms with E-state index in [0.29, 0.717) is 6.54 Å². The minimum Gasteiger partial charge on any atom is -0.508 e. The zero-order chi connectivity index (χ0) is 12.5. The van der Waals surface area contributed by atoms with Crippen LogP contribution in [0.15, 0.2) is 18.2 Å². The highest BCUT2D eigenvalue weighted by molar-refractivity contribution is 5.95. The number of phenols is 2. The first-order valence-electron chi connectivity index (χ1n) is 5.86. The van der Waals surface area contributed by atoms with Gasteiger partial charge in [-0.3, -0.25) is 4.79 Å². The maximum Gasteiger partial charge on any atom is 0.251 e. The van der Waals surface area contributed by atoms with Crippen LogP contribution in [0.1, 0.15) is 36.5 Å². The first-order valence-corrected chi connectivity index (χ1v) is 5.86. The number of hydrogen-bond acceptors (Lipinski definition) is 3. The quantitative estimate of drug-likeness (QED) is 0.747. The van der Waals surface area contributed by atoms with Crippen LogP contribution in [0, 0.1) is 5.41 Å². The number of carbonyl (C=O) groups is 1. The number of amides is 1. The molecule has 1 fully saturated rings. The third kappa shape index (κ3) is 2.70. The van der Waals surface area contributed by atoms with Crippen molar-refractivity contribution in [3.63, 3.8) is 0 Å². The molecule has 0 atom stereocenters. The van der Waals surface area contributed by atoms with Crippen LogP contribution in [-0.2, 0) is 0 Å². The first kappa shape index (κ1) is 11.8. The summed E-state index contributed by atoms with van der Waals surface area (Å²) in [5, 5.41) is 21.4. The molecule has 0 aliphatic heterocycles. The van der Waals surface area contributed by atoms with E-state index in [9.17, 15) is 15.0 Å². The average Bonchev–Trinajstić information content (AvgIpc) is 3.05. The van der Waals surface area contributed by atoms with Crippen molar-refractivity contribution in [1.29, 1.82) is 0 Å². The van der Waals surface area contributed by atoms with Gasteiger partial charge in [0.15, 0.2) is 0 Å². The molecule has 0 unspecified atom stereocenters. The molecule has 0 bridgehead atoms. The van der Waals surface area contributed by atoms with E-state index in [2.05, 4.69) is 12.2 Å². The number of aromatic hydroxyl groups is 2. The van der Waals surface area contributed by atoms with Crippen LogP contribution in [0.4, 0.5) is 0 Å². The fraction of sp³-hybridized carbons (Fsp3) is 0.462. The minimum absolute atomic E-state index is 0.105. The summed E-state index contributed by atoms with van der Waals surface area (Å²) in [5.41, 5.74) is 0.573. The molecule has 0 heterocycles. The lowest BCUT2D eigenvalue weighted by Gasteiger charge is -2.13. The molecule has 3 N–H and O–H groups in total. The zero-order valence-corrected chi connectivity index (χ0v) is 9.86. The van der Waals surface area contributed by atoms with E-state index in [4.69, 9.17) is 0 Å². The second kappa shape index (κ2) is 4.28. The number of phenolic OH excluding ortho intramolecular Hbond substituents is 2. The predicted octanol–water partition coefficient (Wildman–Crippen LogP) is 2.02. The number of carbonyl (C=O) groups excluding carboxylic acids is 1. The average molecular weight is 235 g/mol. The molecule has 1 aliphatic carbocycles. The van der Waals surface area contributed by atoms with Crippen LogP contribution >= 0.6 is 0 Å². The fourth-order valence-corrected chi connectivity index (χ4v) is 1.93. The zero-order valence-electron chi connectivity index (χ0n) is 9.86. The molecule has 2 rings (SSSR count). The lowest BCUT2D eigenvalue weighted by atomic mass is 10.0. The summed E-state index contributed by atoms with van der Waals surface area (Å²) in [6.45, 7) is 2.79. The van der Waals surface area contributed by atoms with Crippen molar-refractivity contribution in [3.05, 3.63) is 23.8 Å². The molecule has 1 aromatic rings. The molecule has 17 heavy (non-hydrogen) atoms. The van der Waals surface area contributed by atoms with Crippen LogP contribution < -0.4 is 5.32 Å². The Morgan fingerprint density at radius 2 is 1.88 bits per heavy atom. The van der Waals surface area contributed by atoms with Gasteiger partial charge in [-0.15, -0.1) is 0 Å². The van der Waals surface area contributed by atoms with E-state index >= 15 is 0 Å². The molecule has 1 saturated carbocycles. The van der Waals surface area contributed by atoms with Gasteiger partial charge in [-0.2, -0.15) is 0 Å². The van der Waals surface area contributed by atoms with E-state index < -0.39 is 0 Å². The van der Waals surface area contributed by atoms with Crippen molar-refractivity contribution >= 4 is 5.91 Å². The highest BCUT2D eigenvalue weighted by Gasteiger charge is 2.40. The van der Waals surface area contributed by atoms with E-state index in [-0.39, 0.29) is 28.4 Å². The Morgan fingerprint density at radius 1 is 1.29 bits per heavy atom. The van der Waals surface area contributed by atoms with Gasteiger partial charge in [-0.1, -0.05) is 6.92 Å². The van der Waals surface area contributed by atoms with Crippen molar-refractivity contribution in [1.82, 2.24) is 5.32 Å². The van der Waals surface area contributed by atoms with Gasteiger partial charge in [-0.05, 0) is 36.8 Å². The van der Waals surface area contributed by atoms with E-state index in [0.717, 1.165) is 19.3 Å². The molecular formula is C13H17NO3. The smallest absolute Gasteiger partial charge is 0.251 e. The van der Waals surface area contributed by atoms with Gasteiger partial charge in [0.1, 0.15) is 11.5 Å². The monoisotopic (exact) mass is 235 g/mol. The van der Waals surface area contributed by atoms with Gasteiger partial charge < -0.3 is 15.5 Å². The van der Waals surface area contributed by atoms with Crippen molar-refractivity contribution in [3.8, 4) is 11.5 Å². The number of nitrogens with one attached hydrogen (secondary N) is 1. The molecule has 1 aromatic carbocycles. The topological polar surface area (TPSA) is 69.6 Å². The lowest BCUT2D eigenvalue weighted by molar-refractivity contribution is 0.0943.